The molecule has 0 spiro atoms. The Hall–Kier alpha value is -2.57. The first-order chi connectivity index (χ1) is 15.7. The number of halogens is 2. The number of nitrogens with zero attached hydrogens (tertiary/aromatic N) is 3. The number of carbonyl (C=O) groups excluding carboxylic acids is 1. The molecule has 0 bridgehead atoms. The van der Waals surface area contributed by atoms with E-state index < -0.39 is 34.0 Å². The van der Waals surface area contributed by atoms with E-state index in [2.05, 4.69) is 21.6 Å². The summed E-state index contributed by atoms with van der Waals surface area (Å²) in [6.07, 6.45) is 5.17. The number of rotatable bonds is 6. The van der Waals surface area contributed by atoms with Crippen LogP contribution in [0.25, 0.3) is 10.6 Å². The second-order valence-electron chi connectivity index (χ2n) is 7.53. The summed E-state index contributed by atoms with van der Waals surface area (Å²) in [6, 6.07) is 5.86. The Labute approximate surface area is 199 Å². The molecule has 1 saturated heterocycles. The summed E-state index contributed by atoms with van der Waals surface area (Å²) in [5, 5.41) is 2.50. The Morgan fingerprint density at radius 2 is 2.21 bits per heavy atom. The smallest absolute Gasteiger partial charge is 0.281 e. The molecule has 0 saturated carbocycles. The van der Waals surface area contributed by atoms with E-state index in [1.807, 2.05) is 29.9 Å². The average Bonchev–Trinajstić information content (AvgIpc) is 3.41. The van der Waals surface area contributed by atoms with E-state index in [4.69, 9.17) is 11.6 Å². The molecule has 12 heteroatoms. The molecule has 2 aromatic heterocycles. The van der Waals surface area contributed by atoms with Crippen molar-refractivity contribution in [3.05, 3.63) is 71.2 Å². The average molecular weight is 510 g/mol. The van der Waals surface area contributed by atoms with E-state index >= 15 is 0 Å². The van der Waals surface area contributed by atoms with Crippen molar-refractivity contribution in [2.45, 2.75) is 18.5 Å². The van der Waals surface area contributed by atoms with Crippen LogP contribution in [0.5, 0.6) is 0 Å². The molecule has 1 aliphatic rings. The fourth-order valence-corrected chi connectivity index (χ4v) is 6.41. The van der Waals surface area contributed by atoms with E-state index in [1.165, 1.54) is 29.5 Å². The number of thiophene rings is 1. The Morgan fingerprint density at radius 1 is 1.42 bits per heavy atom. The second kappa shape index (κ2) is 9.35. The summed E-state index contributed by atoms with van der Waals surface area (Å²) in [6.45, 7) is 3.56. The molecule has 1 aromatic carbocycles. The summed E-state index contributed by atoms with van der Waals surface area (Å²) >= 11 is 7.21. The van der Waals surface area contributed by atoms with Crippen LogP contribution in [0.4, 0.5) is 10.1 Å². The maximum Gasteiger partial charge on any atom is 0.281 e. The minimum Gasteiger partial charge on any atom is -0.340 e. The van der Waals surface area contributed by atoms with Crippen molar-refractivity contribution in [1.82, 2.24) is 18.6 Å². The fourth-order valence-electron chi connectivity index (χ4n) is 3.59. The highest BCUT2D eigenvalue weighted by Crippen LogP contribution is 2.36. The number of hydrogen-bond donors (Lipinski definition) is 2. The molecular weight excluding hydrogens is 489 g/mol. The SMILES string of the molecule is C=CCN1[C@H](C(=O)Nc2ccc(F)c(Cl)c2)C[C@H](c2ccc(-c3cn(C)cn3)s2)NS1(=O)=O. The lowest BCUT2D eigenvalue weighted by Crippen LogP contribution is -2.57. The Balaban J connectivity index is 1.61. The van der Waals surface area contributed by atoms with Crippen LogP contribution < -0.4 is 10.0 Å². The zero-order valence-electron chi connectivity index (χ0n) is 17.5. The number of amides is 1. The standard InChI is InChI=1S/C21H21ClFN5O3S2/c1-3-8-28-18(21(29)25-13-4-5-15(23)14(22)9-13)10-16(26-33(28,30)31)19-6-7-20(32-19)17-11-27(2)12-24-17/h3-7,9,11-12,16,18,26H,1,8,10H2,2H3,(H,25,29)/t16-,18+/m1/s1. The van der Waals surface area contributed by atoms with Gasteiger partial charge in [0.15, 0.2) is 0 Å². The Kier molecular flexibility index (Phi) is 6.68. The number of aryl methyl sites for hydroxylation is 1. The third kappa shape index (κ3) is 5.02. The highest BCUT2D eigenvalue weighted by atomic mass is 35.5. The minimum atomic E-state index is -3.98. The highest BCUT2D eigenvalue weighted by Gasteiger charge is 2.42. The lowest BCUT2D eigenvalue weighted by atomic mass is 10.0. The number of imidazole rings is 1. The zero-order chi connectivity index (χ0) is 23.8. The molecule has 8 nitrogen and oxygen atoms in total. The van der Waals surface area contributed by atoms with Crippen molar-refractivity contribution in [3.63, 3.8) is 0 Å². The zero-order valence-corrected chi connectivity index (χ0v) is 19.9. The van der Waals surface area contributed by atoms with Crippen molar-refractivity contribution >= 4 is 44.7 Å². The molecule has 1 fully saturated rings. The Morgan fingerprint density at radius 3 is 2.88 bits per heavy atom. The number of carbonyl (C=O) groups is 1. The van der Waals surface area contributed by atoms with Crippen molar-refractivity contribution in [3.8, 4) is 10.6 Å². The van der Waals surface area contributed by atoms with Crippen molar-refractivity contribution in [2.24, 2.45) is 7.05 Å². The Bertz CT molecular complexity index is 1310. The van der Waals surface area contributed by atoms with Gasteiger partial charge in [0.25, 0.3) is 10.2 Å². The van der Waals surface area contributed by atoms with Crippen LogP contribution in [0, 0.1) is 5.82 Å². The second-order valence-corrected chi connectivity index (χ2v) is 10.7. The van der Waals surface area contributed by atoms with Gasteiger partial charge in [0.2, 0.25) is 5.91 Å². The molecule has 0 unspecified atom stereocenters. The van der Waals surface area contributed by atoms with E-state index in [0.717, 1.165) is 25.8 Å². The number of nitrogens with one attached hydrogen (secondary N) is 2. The van der Waals surface area contributed by atoms with Gasteiger partial charge in [0, 0.05) is 30.4 Å². The lowest BCUT2D eigenvalue weighted by Gasteiger charge is -2.37. The van der Waals surface area contributed by atoms with Gasteiger partial charge >= 0.3 is 0 Å². The first kappa shape index (κ1) is 23.6. The fraction of sp³-hybridized carbons (Fsp3) is 0.238. The van der Waals surface area contributed by atoms with Gasteiger partial charge in [0.05, 0.1) is 28.0 Å². The largest absolute Gasteiger partial charge is 0.340 e. The molecule has 4 rings (SSSR count). The highest BCUT2D eigenvalue weighted by molar-refractivity contribution is 7.87. The number of benzene rings is 1. The van der Waals surface area contributed by atoms with Crippen LogP contribution in [-0.2, 0) is 22.1 Å². The molecular formula is C21H21ClFN5O3S2. The molecule has 2 atom stereocenters. The van der Waals surface area contributed by atoms with E-state index in [-0.39, 0.29) is 23.7 Å². The first-order valence-corrected chi connectivity index (χ1v) is 12.6. The van der Waals surface area contributed by atoms with Crippen LogP contribution in [0.15, 0.2) is 55.5 Å². The van der Waals surface area contributed by atoms with Gasteiger partial charge in [-0.3, -0.25) is 4.79 Å². The molecule has 2 N–H and O–H groups in total. The monoisotopic (exact) mass is 509 g/mol. The van der Waals surface area contributed by atoms with Gasteiger partial charge in [0.1, 0.15) is 11.9 Å². The number of anilines is 1. The first-order valence-electron chi connectivity index (χ1n) is 9.92. The normalized spacial score (nSPS) is 20.5. The molecule has 3 aromatic rings. The van der Waals surface area contributed by atoms with Crippen LogP contribution >= 0.6 is 22.9 Å². The number of aromatic nitrogens is 2. The lowest BCUT2D eigenvalue weighted by molar-refractivity contribution is -0.120. The third-order valence-corrected chi connectivity index (χ3v) is 8.25. The topological polar surface area (TPSA) is 96.3 Å². The van der Waals surface area contributed by atoms with E-state index in [9.17, 15) is 17.6 Å². The molecule has 0 radical (unpaired) electrons. The summed E-state index contributed by atoms with van der Waals surface area (Å²) in [5.41, 5.74) is 1.05. The predicted molar refractivity (Wildman–Crippen MR) is 127 cm³/mol. The minimum absolute atomic E-state index is 0.0477. The molecule has 1 amide bonds. The van der Waals surface area contributed by atoms with Gasteiger partial charge in [-0.25, -0.2) is 9.37 Å². The van der Waals surface area contributed by atoms with Gasteiger partial charge < -0.3 is 9.88 Å². The van der Waals surface area contributed by atoms with Crippen LogP contribution in [0.1, 0.15) is 17.3 Å². The van der Waals surface area contributed by atoms with Crippen LogP contribution in [-0.4, -0.2) is 40.8 Å². The summed E-state index contributed by atoms with van der Waals surface area (Å²) in [7, 11) is -2.12. The molecule has 33 heavy (non-hydrogen) atoms. The van der Waals surface area contributed by atoms with Crippen molar-refractivity contribution in [1.29, 1.82) is 0 Å². The third-order valence-electron chi connectivity index (χ3n) is 5.13. The van der Waals surface area contributed by atoms with E-state index in [0.29, 0.717) is 0 Å². The summed E-state index contributed by atoms with van der Waals surface area (Å²) < 4.78 is 45.0. The summed E-state index contributed by atoms with van der Waals surface area (Å²) in [4.78, 5) is 19.1. The maximum atomic E-state index is 13.5. The molecule has 1 aliphatic heterocycles. The van der Waals surface area contributed by atoms with Crippen LogP contribution in [0.3, 0.4) is 0 Å². The van der Waals surface area contributed by atoms with Gasteiger partial charge in [-0.05, 0) is 36.8 Å². The molecule has 174 valence electrons. The number of hydrogen-bond acceptors (Lipinski definition) is 5. The van der Waals surface area contributed by atoms with Crippen molar-refractivity contribution < 1.29 is 17.6 Å². The maximum absolute atomic E-state index is 13.5. The summed E-state index contributed by atoms with van der Waals surface area (Å²) in [5.74, 6) is -1.16. The van der Waals surface area contributed by atoms with E-state index in [1.54, 1.807) is 6.33 Å². The molecule has 3 heterocycles. The predicted octanol–water partition coefficient (Wildman–Crippen LogP) is 3.72. The van der Waals surface area contributed by atoms with Crippen molar-refractivity contribution in [2.75, 3.05) is 11.9 Å². The van der Waals surface area contributed by atoms with Crippen LogP contribution in [0.2, 0.25) is 5.02 Å². The van der Waals surface area contributed by atoms with Gasteiger partial charge in [-0.2, -0.15) is 17.4 Å². The molecule has 0 aliphatic carbocycles. The van der Waals surface area contributed by atoms with Gasteiger partial charge in [-0.15, -0.1) is 17.9 Å². The quantitative estimate of drug-likeness (QED) is 0.495. The van der Waals surface area contributed by atoms with Gasteiger partial charge in [-0.1, -0.05) is 17.7 Å².